The number of rotatable bonds is 7. The maximum atomic E-state index is 5.58. The lowest BCUT2D eigenvalue weighted by Gasteiger charge is -2.06. The molecule has 0 aliphatic rings. The molecule has 0 amide bonds. The van der Waals surface area contributed by atoms with E-state index in [1.807, 2.05) is 12.1 Å². The molecule has 0 aliphatic heterocycles. The molecule has 0 heterocycles. The van der Waals surface area contributed by atoms with E-state index in [0.29, 0.717) is 0 Å². The summed E-state index contributed by atoms with van der Waals surface area (Å²) in [4.78, 5) is 0. The topological polar surface area (TPSA) is 9.23 Å². The fourth-order valence-electron chi connectivity index (χ4n) is 1.43. The first kappa shape index (κ1) is 12.4. The van der Waals surface area contributed by atoms with Crippen molar-refractivity contribution in [3.63, 3.8) is 0 Å². The zero-order chi connectivity index (χ0) is 10.9. The second kappa shape index (κ2) is 7.58. The summed E-state index contributed by atoms with van der Waals surface area (Å²) in [5.41, 5.74) is 1.38. The SMILES string of the molecule is CCCc1ccc(OCCCCCl)cc1. The third-order valence-corrected chi connectivity index (χ3v) is 2.53. The predicted molar refractivity (Wildman–Crippen MR) is 65.9 cm³/mol. The van der Waals surface area contributed by atoms with E-state index in [2.05, 4.69) is 19.1 Å². The molecule has 0 saturated heterocycles. The van der Waals surface area contributed by atoms with Gasteiger partial charge in [-0.05, 0) is 37.0 Å². The van der Waals surface area contributed by atoms with Crippen LogP contribution in [0.4, 0.5) is 0 Å². The Bertz CT molecular complexity index is 256. The molecule has 1 aromatic rings. The number of unbranched alkanes of at least 4 members (excludes halogenated alkanes) is 1. The summed E-state index contributed by atoms with van der Waals surface area (Å²) in [6.45, 7) is 2.95. The summed E-state index contributed by atoms with van der Waals surface area (Å²) >= 11 is 5.58. The number of hydrogen-bond donors (Lipinski definition) is 0. The fourth-order valence-corrected chi connectivity index (χ4v) is 1.62. The Balaban J connectivity index is 2.29. The lowest BCUT2D eigenvalue weighted by molar-refractivity contribution is 0.309. The van der Waals surface area contributed by atoms with E-state index in [1.54, 1.807) is 0 Å². The first-order chi connectivity index (χ1) is 7.36. The van der Waals surface area contributed by atoms with Crippen molar-refractivity contribution in [2.45, 2.75) is 32.6 Å². The molecule has 0 aliphatic carbocycles. The Labute approximate surface area is 97.4 Å². The summed E-state index contributed by atoms with van der Waals surface area (Å²) in [6, 6.07) is 8.37. The van der Waals surface area contributed by atoms with Crippen LogP contribution in [-0.2, 0) is 6.42 Å². The monoisotopic (exact) mass is 226 g/mol. The highest BCUT2D eigenvalue weighted by molar-refractivity contribution is 6.17. The van der Waals surface area contributed by atoms with Crippen LogP contribution in [0.15, 0.2) is 24.3 Å². The Kier molecular flexibility index (Phi) is 6.26. The molecule has 0 N–H and O–H groups in total. The molecule has 0 radical (unpaired) electrons. The molecule has 0 unspecified atom stereocenters. The van der Waals surface area contributed by atoms with Crippen molar-refractivity contribution in [1.29, 1.82) is 0 Å². The van der Waals surface area contributed by atoms with E-state index in [-0.39, 0.29) is 0 Å². The van der Waals surface area contributed by atoms with Crippen LogP contribution >= 0.6 is 11.6 Å². The molecule has 1 rings (SSSR count). The van der Waals surface area contributed by atoms with Crippen molar-refractivity contribution < 1.29 is 4.74 Å². The van der Waals surface area contributed by atoms with Gasteiger partial charge in [-0.15, -0.1) is 11.6 Å². The third-order valence-electron chi connectivity index (χ3n) is 2.26. The Morgan fingerprint density at radius 2 is 1.87 bits per heavy atom. The molecule has 84 valence electrons. The molecular weight excluding hydrogens is 208 g/mol. The number of aryl methyl sites for hydroxylation is 1. The summed E-state index contributed by atoms with van der Waals surface area (Å²) in [5, 5.41) is 0. The van der Waals surface area contributed by atoms with Gasteiger partial charge in [-0.25, -0.2) is 0 Å². The first-order valence-corrected chi connectivity index (χ1v) is 6.18. The van der Waals surface area contributed by atoms with Crippen molar-refractivity contribution in [2.75, 3.05) is 12.5 Å². The van der Waals surface area contributed by atoms with Gasteiger partial charge in [0.15, 0.2) is 0 Å². The highest BCUT2D eigenvalue weighted by Gasteiger charge is 1.94. The van der Waals surface area contributed by atoms with E-state index in [9.17, 15) is 0 Å². The fraction of sp³-hybridized carbons (Fsp3) is 0.538. The van der Waals surface area contributed by atoms with Crippen LogP contribution in [0.5, 0.6) is 5.75 Å². The van der Waals surface area contributed by atoms with Gasteiger partial charge in [0.2, 0.25) is 0 Å². The van der Waals surface area contributed by atoms with Gasteiger partial charge in [-0.3, -0.25) is 0 Å². The number of ether oxygens (including phenoxy) is 1. The van der Waals surface area contributed by atoms with Gasteiger partial charge in [-0.1, -0.05) is 25.5 Å². The molecule has 0 fully saturated rings. The zero-order valence-corrected chi connectivity index (χ0v) is 10.1. The number of benzene rings is 1. The quantitative estimate of drug-likeness (QED) is 0.504. The lowest BCUT2D eigenvalue weighted by Crippen LogP contribution is -1.97. The number of halogens is 1. The summed E-state index contributed by atoms with van der Waals surface area (Å²) in [7, 11) is 0. The van der Waals surface area contributed by atoms with Crippen LogP contribution in [0.1, 0.15) is 31.7 Å². The minimum atomic E-state index is 0.721. The van der Waals surface area contributed by atoms with Gasteiger partial charge in [0, 0.05) is 5.88 Å². The first-order valence-electron chi connectivity index (χ1n) is 5.64. The number of alkyl halides is 1. The van der Waals surface area contributed by atoms with Gasteiger partial charge >= 0.3 is 0 Å². The highest BCUT2D eigenvalue weighted by atomic mass is 35.5. The smallest absolute Gasteiger partial charge is 0.119 e. The maximum absolute atomic E-state index is 5.58. The molecule has 0 bridgehead atoms. The van der Waals surface area contributed by atoms with E-state index in [0.717, 1.165) is 37.5 Å². The van der Waals surface area contributed by atoms with Crippen LogP contribution in [0.3, 0.4) is 0 Å². The van der Waals surface area contributed by atoms with Crippen molar-refractivity contribution >= 4 is 11.6 Å². The number of hydrogen-bond acceptors (Lipinski definition) is 1. The van der Waals surface area contributed by atoms with Crippen LogP contribution in [0.2, 0.25) is 0 Å². The minimum absolute atomic E-state index is 0.721. The van der Waals surface area contributed by atoms with Crippen molar-refractivity contribution in [2.24, 2.45) is 0 Å². The minimum Gasteiger partial charge on any atom is -0.494 e. The van der Waals surface area contributed by atoms with Crippen LogP contribution in [-0.4, -0.2) is 12.5 Å². The second-order valence-corrected chi connectivity index (χ2v) is 4.02. The predicted octanol–water partition coefficient (Wildman–Crippen LogP) is 4.04. The Hall–Kier alpha value is -0.690. The van der Waals surface area contributed by atoms with Crippen LogP contribution in [0, 0.1) is 0 Å². The van der Waals surface area contributed by atoms with Crippen LogP contribution in [0.25, 0.3) is 0 Å². The van der Waals surface area contributed by atoms with E-state index < -0.39 is 0 Å². The Morgan fingerprint density at radius 3 is 2.47 bits per heavy atom. The van der Waals surface area contributed by atoms with E-state index in [4.69, 9.17) is 16.3 Å². The van der Waals surface area contributed by atoms with Crippen molar-refractivity contribution in [1.82, 2.24) is 0 Å². The summed E-state index contributed by atoms with van der Waals surface area (Å²) in [5.74, 6) is 1.68. The van der Waals surface area contributed by atoms with Gasteiger partial charge in [0.05, 0.1) is 6.61 Å². The molecular formula is C13H19ClO. The van der Waals surface area contributed by atoms with Crippen molar-refractivity contribution in [3.05, 3.63) is 29.8 Å². The van der Waals surface area contributed by atoms with Gasteiger partial charge in [0.1, 0.15) is 5.75 Å². The molecule has 1 nitrogen and oxygen atoms in total. The molecule has 15 heavy (non-hydrogen) atoms. The largest absolute Gasteiger partial charge is 0.494 e. The molecule has 0 aromatic heterocycles. The molecule has 2 heteroatoms. The summed E-state index contributed by atoms with van der Waals surface area (Å²) < 4.78 is 5.58. The molecule has 0 saturated carbocycles. The zero-order valence-electron chi connectivity index (χ0n) is 9.34. The van der Waals surface area contributed by atoms with Gasteiger partial charge < -0.3 is 4.74 Å². The van der Waals surface area contributed by atoms with E-state index >= 15 is 0 Å². The molecule has 0 atom stereocenters. The lowest BCUT2D eigenvalue weighted by atomic mass is 10.1. The molecule has 0 spiro atoms. The van der Waals surface area contributed by atoms with Crippen molar-refractivity contribution in [3.8, 4) is 5.75 Å². The third kappa shape index (κ3) is 5.08. The van der Waals surface area contributed by atoms with Gasteiger partial charge in [0.25, 0.3) is 0 Å². The molecule has 1 aromatic carbocycles. The van der Waals surface area contributed by atoms with Crippen LogP contribution < -0.4 is 4.74 Å². The van der Waals surface area contributed by atoms with Gasteiger partial charge in [-0.2, -0.15) is 0 Å². The normalized spacial score (nSPS) is 10.3. The average molecular weight is 227 g/mol. The van der Waals surface area contributed by atoms with E-state index in [1.165, 1.54) is 12.0 Å². The second-order valence-electron chi connectivity index (χ2n) is 3.64. The maximum Gasteiger partial charge on any atom is 0.119 e. The average Bonchev–Trinajstić information content (AvgIpc) is 2.27. The summed E-state index contributed by atoms with van der Waals surface area (Å²) in [6.07, 6.45) is 4.39. The standard InChI is InChI=1S/C13H19ClO/c1-2-5-12-6-8-13(9-7-12)15-11-4-3-10-14/h6-9H,2-5,10-11H2,1H3. The highest BCUT2D eigenvalue weighted by Crippen LogP contribution is 2.13. The Morgan fingerprint density at radius 1 is 1.13 bits per heavy atom.